The first kappa shape index (κ1) is 10.8. The molecule has 0 unspecified atom stereocenters. The van der Waals surface area contributed by atoms with Gasteiger partial charge in [0.25, 0.3) is 5.91 Å². The Morgan fingerprint density at radius 2 is 1.82 bits per heavy atom. The normalized spacial score (nSPS) is 34.9. The smallest absolute Gasteiger partial charge is 0.251 e. The fourth-order valence-electron chi connectivity index (χ4n) is 3.16. The van der Waals surface area contributed by atoms with Gasteiger partial charge in [0.05, 0.1) is 0 Å². The predicted octanol–water partition coefficient (Wildman–Crippen LogP) is 2.70. The van der Waals surface area contributed by atoms with Gasteiger partial charge in [0.2, 0.25) is 0 Å². The number of hydrogen-bond acceptors (Lipinski definition) is 1. The summed E-state index contributed by atoms with van der Waals surface area (Å²) in [7, 11) is 0. The van der Waals surface area contributed by atoms with Crippen LogP contribution < -0.4 is 5.32 Å². The summed E-state index contributed by atoms with van der Waals surface area (Å²) in [6.45, 7) is 0. The van der Waals surface area contributed by atoms with Gasteiger partial charge in [0.1, 0.15) is 6.17 Å². The minimum Gasteiger partial charge on any atom is -0.349 e. The minimum absolute atomic E-state index is 0.0124. The number of hydrogen-bond donors (Lipinski definition) is 1. The van der Waals surface area contributed by atoms with Gasteiger partial charge in [-0.3, -0.25) is 4.79 Å². The summed E-state index contributed by atoms with van der Waals surface area (Å²) in [4.78, 5) is 11.8. The molecule has 0 radical (unpaired) electrons. The molecule has 0 aromatic heterocycles. The fraction of sp³-hybridized carbons (Fsp3) is 0.500. The van der Waals surface area contributed by atoms with E-state index in [1.54, 1.807) is 0 Å². The molecule has 2 nitrogen and oxygen atoms in total. The van der Waals surface area contributed by atoms with E-state index in [0.29, 0.717) is 18.4 Å². The minimum atomic E-state index is -0.597. The molecule has 0 saturated heterocycles. The highest BCUT2D eigenvalue weighted by atomic mass is 19.1. The number of carbonyl (C=O) groups is 1. The van der Waals surface area contributed by atoms with Crippen molar-refractivity contribution in [2.75, 3.05) is 0 Å². The van der Waals surface area contributed by atoms with E-state index in [2.05, 4.69) is 5.32 Å². The van der Waals surface area contributed by atoms with Gasteiger partial charge >= 0.3 is 0 Å². The lowest BCUT2D eigenvalue weighted by molar-refractivity contribution is -0.0596. The van der Waals surface area contributed by atoms with Crippen molar-refractivity contribution < 1.29 is 9.18 Å². The molecular weight excluding hydrogens is 217 g/mol. The molecule has 1 aromatic rings. The van der Waals surface area contributed by atoms with Crippen LogP contribution in [0.15, 0.2) is 30.3 Å². The molecule has 0 heterocycles. The number of amides is 1. The van der Waals surface area contributed by atoms with Crippen LogP contribution in [0.25, 0.3) is 0 Å². The average molecular weight is 233 g/mol. The molecule has 1 spiro atoms. The Morgan fingerprint density at radius 3 is 2.41 bits per heavy atom. The number of carbonyl (C=O) groups excluding carboxylic acids is 1. The summed E-state index contributed by atoms with van der Waals surface area (Å²) in [5, 5.41) is 3.01. The standard InChI is InChI=1S/C14H16FNO/c15-11-6-14(7-11)8-12(9-14)16-13(17)10-4-2-1-3-5-10/h1-5,11-12H,6-9H2,(H,16,17). The maximum atomic E-state index is 12.8. The summed E-state index contributed by atoms with van der Waals surface area (Å²) in [5.41, 5.74) is 0.930. The van der Waals surface area contributed by atoms with Gasteiger partial charge in [-0.1, -0.05) is 18.2 Å². The molecule has 1 amide bonds. The topological polar surface area (TPSA) is 29.1 Å². The highest BCUT2D eigenvalue weighted by Crippen LogP contribution is 2.56. The van der Waals surface area contributed by atoms with E-state index < -0.39 is 6.17 Å². The quantitative estimate of drug-likeness (QED) is 0.836. The van der Waals surface area contributed by atoms with Crippen molar-refractivity contribution >= 4 is 5.91 Å². The van der Waals surface area contributed by atoms with Crippen LogP contribution in [-0.2, 0) is 0 Å². The van der Waals surface area contributed by atoms with Crippen LogP contribution in [0, 0.1) is 5.41 Å². The lowest BCUT2D eigenvalue weighted by Crippen LogP contribution is -2.56. The fourth-order valence-corrected chi connectivity index (χ4v) is 3.16. The molecule has 3 rings (SSSR count). The first-order valence-electron chi connectivity index (χ1n) is 6.17. The van der Waals surface area contributed by atoms with Gasteiger partial charge in [0.15, 0.2) is 0 Å². The van der Waals surface area contributed by atoms with Crippen molar-refractivity contribution in [3.8, 4) is 0 Å². The van der Waals surface area contributed by atoms with Gasteiger partial charge < -0.3 is 5.32 Å². The highest BCUT2D eigenvalue weighted by Gasteiger charge is 2.53. The maximum absolute atomic E-state index is 12.8. The SMILES string of the molecule is O=C(NC1CC2(CC(F)C2)C1)c1ccccc1. The molecule has 3 heteroatoms. The third-order valence-corrected chi connectivity index (χ3v) is 4.04. The summed E-state index contributed by atoms with van der Waals surface area (Å²) < 4.78 is 12.8. The Kier molecular flexibility index (Phi) is 2.42. The molecule has 1 aromatic carbocycles. The summed E-state index contributed by atoms with van der Waals surface area (Å²) >= 11 is 0. The molecule has 0 aliphatic heterocycles. The predicted molar refractivity (Wildman–Crippen MR) is 63.5 cm³/mol. The van der Waals surface area contributed by atoms with Gasteiger partial charge in [-0.15, -0.1) is 0 Å². The molecule has 1 N–H and O–H groups in total. The summed E-state index contributed by atoms with van der Waals surface area (Å²) in [6, 6.07) is 9.48. The van der Waals surface area contributed by atoms with Gasteiger partial charge in [-0.2, -0.15) is 0 Å². The van der Waals surface area contributed by atoms with E-state index in [-0.39, 0.29) is 17.4 Å². The van der Waals surface area contributed by atoms with Crippen LogP contribution in [0.2, 0.25) is 0 Å². The number of nitrogens with one attached hydrogen (secondary N) is 1. The third-order valence-electron chi connectivity index (χ3n) is 4.04. The molecule has 2 saturated carbocycles. The molecule has 2 aliphatic carbocycles. The zero-order valence-electron chi connectivity index (χ0n) is 9.66. The second-order valence-corrected chi connectivity index (χ2v) is 5.45. The van der Waals surface area contributed by atoms with Crippen LogP contribution in [-0.4, -0.2) is 18.1 Å². The van der Waals surface area contributed by atoms with Gasteiger partial charge in [-0.05, 0) is 43.2 Å². The van der Waals surface area contributed by atoms with Crippen molar-refractivity contribution in [1.82, 2.24) is 5.32 Å². The second kappa shape index (κ2) is 3.83. The Labute approximate surface area is 100 Å². The van der Waals surface area contributed by atoms with E-state index in [9.17, 15) is 9.18 Å². The van der Waals surface area contributed by atoms with Crippen molar-refractivity contribution in [3.05, 3.63) is 35.9 Å². The van der Waals surface area contributed by atoms with Crippen LogP contribution in [0.4, 0.5) is 4.39 Å². The van der Waals surface area contributed by atoms with Crippen LogP contribution in [0.3, 0.4) is 0 Å². The van der Waals surface area contributed by atoms with E-state index in [4.69, 9.17) is 0 Å². The Balaban J connectivity index is 1.52. The molecule has 17 heavy (non-hydrogen) atoms. The highest BCUT2D eigenvalue weighted by molar-refractivity contribution is 5.94. The lowest BCUT2D eigenvalue weighted by Gasteiger charge is -2.55. The Hall–Kier alpha value is -1.38. The molecule has 2 fully saturated rings. The lowest BCUT2D eigenvalue weighted by atomic mass is 9.53. The van der Waals surface area contributed by atoms with Crippen molar-refractivity contribution in [2.24, 2.45) is 5.41 Å². The summed E-state index contributed by atoms with van der Waals surface area (Å²) in [6.07, 6.45) is 2.70. The first-order valence-corrected chi connectivity index (χ1v) is 6.17. The largest absolute Gasteiger partial charge is 0.349 e. The van der Waals surface area contributed by atoms with Crippen LogP contribution in [0.1, 0.15) is 36.0 Å². The summed E-state index contributed by atoms with van der Waals surface area (Å²) in [5.74, 6) is -0.0124. The Bertz CT molecular complexity index is 417. The zero-order chi connectivity index (χ0) is 11.9. The number of benzene rings is 1. The van der Waals surface area contributed by atoms with Gasteiger partial charge in [0, 0.05) is 11.6 Å². The first-order chi connectivity index (χ1) is 8.17. The van der Waals surface area contributed by atoms with Crippen molar-refractivity contribution in [1.29, 1.82) is 0 Å². The molecule has 2 aliphatic rings. The number of halogens is 1. The molecule has 0 atom stereocenters. The van der Waals surface area contributed by atoms with Crippen molar-refractivity contribution in [2.45, 2.75) is 37.9 Å². The zero-order valence-corrected chi connectivity index (χ0v) is 9.66. The van der Waals surface area contributed by atoms with E-state index in [1.807, 2.05) is 30.3 Å². The number of rotatable bonds is 2. The monoisotopic (exact) mass is 233 g/mol. The van der Waals surface area contributed by atoms with Crippen LogP contribution >= 0.6 is 0 Å². The third kappa shape index (κ3) is 1.94. The van der Waals surface area contributed by atoms with Crippen molar-refractivity contribution in [3.63, 3.8) is 0 Å². The Morgan fingerprint density at radius 1 is 1.18 bits per heavy atom. The van der Waals surface area contributed by atoms with Crippen LogP contribution in [0.5, 0.6) is 0 Å². The molecule has 90 valence electrons. The molecule has 0 bridgehead atoms. The van der Waals surface area contributed by atoms with Gasteiger partial charge in [-0.25, -0.2) is 4.39 Å². The average Bonchev–Trinajstić information content (AvgIpc) is 2.25. The molecular formula is C14H16FNO. The van der Waals surface area contributed by atoms with E-state index in [1.165, 1.54) is 0 Å². The maximum Gasteiger partial charge on any atom is 0.251 e. The second-order valence-electron chi connectivity index (χ2n) is 5.45. The number of alkyl halides is 1. The van der Waals surface area contributed by atoms with E-state index in [0.717, 1.165) is 12.8 Å². The van der Waals surface area contributed by atoms with E-state index >= 15 is 0 Å².